The highest BCUT2D eigenvalue weighted by Crippen LogP contribution is 2.15. The van der Waals surface area contributed by atoms with Crippen LogP contribution in [0.4, 0.5) is 0 Å². The maximum Gasteiger partial charge on any atom is 0.326 e. The van der Waals surface area contributed by atoms with Gasteiger partial charge in [0.05, 0.1) is 24.9 Å². The lowest BCUT2D eigenvalue weighted by atomic mass is 9.95. The molecule has 0 spiro atoms. The van der Waals surface area contributed by atoms with Gasteiger partial charge in [-0.3, -0.25) is 24.0 Å². The first-order chi connectivity index (χ1) is 20.3. The van der Waals surface area contributed by atoms with Gasteiger partial charge in [-0.05, 0) is 46.1 Å². The first-order valence-corrected chi connectivity index (χ1v) is 16.1. The van der Waals surface area contributed by atoms with Crippen LogP contribution in [0, 0.1) is 5.92 Å². The zero-order valence-electron chi connectivity index (χ0n) is 25.1. The van der Waals surface area contributed by atoms with Crippen molar-refractivity contribution in [1.29, 1.82) is 0 Å². The summed E-state index contributed by atoms with van der Waals surface area (Å²) in [5.41, 5.74) is 0. The predicted octanol–water partition coefficient (Wildman–Crippen LogP) is 0.404. The third kappa shape index (κ3) is 22.3. The van der Waals surface area contributed by atoms with E-state index in [1.165, 1.54) is 7.05 Å². The number of nitrogens with one attached hydrogen (secondary N) is 3. The summed E-state index contributed by atoms with van der Waals surface area (Å²) in [5, 5.41) is 23.7. The van der Waals surface area contributed by atoms with E-state index in [2.05, 4.69) is 15.4 Å². The van der Waals surface area contributed by atoms with Crippen LogP contribution in [-0.2, 0) is 48.3 Å². The van der Waals surface area contributed by atoms with E-state index in [1.807, 2.05) is 6.92 Å². The average Bonchev–Trinajstić information content (AvgIpc) is 2.94. The highest BCUT2D eigenvalue weighted by molar-refractivity contribution is 7.89. The lowest BCUT2D eigenvalue weighted by Gasteiger charge is -2.16. The lowest BCUT2D eigenvalue weighted by Crippen LogP contribution is -2.41. The average molecular weight is 638 g/mol. The Morgan fingerprint density at radius 2 is 1.42 bits per heavy atom. The number of sulfonamides is 1. The number of ether oxygens (including phenoxy) is 2. The quantitative estimate of drug-likeness (QED) is 0.0734. The second-order valence-corrected chi connectivity index (χ2v) is 11.9. The molecular formula is C27H47N3O12S. The fourth-order valence-corrected chi connectivity index (χ4v) is 4.54. The van der Waals surface area contributed by atoms with Crippen molar-refractivity contribution < 1.29 is 56.9 Å². The molecule has 43 heavy (non-hydrogen) atoms. The Morgan fingerprint density at radius 3 is 2.05 bits per heavy atom. The Bertz CT molecular complexity index is 1000. The minimum absolute atomic E-state index is 0.00109. The molecule has 15 nitrogen and oxygen atoms in total. The molecule has 0 rings (SSSR count). The summed E-state index contributed by atoms with van der Waals surface area (Å²) in [4.78, 5) is 71.6. The number of aliphatic carboxylic acids is 2. The molecule has 0 aliphatic carbocycles. The molecule has 0 fully saturated rings. The van der Waals surface area contributed by atoms with Gasteiger partial charge in [-0.2, -0.15) is 0 Å². The molecule has 0 heterocycles. The van der Waals surface area contributed by atoms with E-state index in [9.17, 15) is 47.4 Å². The van der Waals surface area contributed by atoms with Crippen LogP contribution in [0.1, 0.15) is 77.6 Å². The van der Waals surface area contributed by atoms with Gasteiger partial charge in [0.25, 0.3) is 0 Å². The Labute approximate surface area is 252 Å². The van der Waals surface area contributed by atoms with E-state index in [-0.39, 0.29) is 94.0 Å². The van der Waals surface area contributed by atoms with Gasteiger partial charge < -0.3 is 30.3 Å². The molecule has 2 atom stereocenters. The largest absolute Gasteiger partial charge is 0.481 e. The highest BCUT2D eigenvalue weighted by atomic mass is 32.2. The highest BCUT2D eigenvalue weighted by Gasteiger charge is 2.25. The molecule has 0 radical (unpaired) electrons. The number of carboxylic acids is 2. The topological polar surface area (TPSA) is 232 Å². The monoisotopic (exact) mass is 637 g/mol. The summed E-state index contributed by atoms with van der Waals surface area (Å²) in [6.45, 7) is 3.87. The molecule has 0 aromatic rings. The minimum atomic E-state index is -3.40. The fourth-order valence-electron chi connectivity index (χ4n) is 3.81. The van der Waals surface area contributed by atoms with Crippen LogP contribution in [0.3, 0.4) is 0 Å². The van der Waals surface area contributed by atoms with Crippen LogP contribution in [0.2, 0.25) is 0 Å². The van der Waals surface area contributed by atoms with Crippen molar-refractivity contribution in [3.63, 3.8) is 0 Å². The number of amides is 2. The molecule has 0 saturated heterocycles. The summed E-state index contributed by atoms with van der Waals surface area (Å²) in [5.74, 6) is -5.53. The standard InChI is InChI=1S/C27H47N3O12S/c1-3-41-16-17-42-15-5-8-21(31)11-12-23(27(37)38)30-25(34)13-10-20(26(35)36)19-22(32)7-4-14-29-24(33)9-6-18-43(39,40)28-2/h20,23,28H,3-19H2,1-2H3,(H,29,33)(H,30,34)(H,35,36)(H,37,38)/t20-,23+/m1/s1. The van der Waals surface area contributed by atoms with Gasteiger partial charge in [0.15, 0.2) is 0 Å². The molecule has 0 saturated carbocycles. The summed E-state index contributed by atoms with van der Waals surface area (Å²) >= 11 is 0. The second kappa shape index (κ2) is 23.5. The number of Topliss-reactive ketones (excluding diaryl/α,β-unsaturated/α-hetero) is 2. The fraction of sp³-hybridized carbons (Fsp3) is 0.778. The maximum atomic E-state index is 12.3. The SMILES string of the molecule is CCOCCOCCCC(=O)CC[C@H](NC(=O)CC[C@H](CC(=O)CCCNC(=O)CCCS(=O)(=O)NC)C(=O)O)C(=O)O. The lowest BCUT2D eigenvalue weighted by molar-refractivity contribution is -0.145. The van der Waals surface area contributed by atoms with Gasteiger partial charge >= 0.3 is 11.9 Å². The first kappa shape index (κ1) is 40.1. The van der Waals surface area contributed by atoms with E-state index in [1.54, 1.807) is 0 Å². The molecule has 248 valence electrons. The molecule has 0 aromatic carbocycles. The van der Waals surface area contributed by atoms with Crippen molar-refractivity contribution in [3.8, 4) is 0 Å². The van der Waals surface area contributed by atoms with E-state index < -0.39 is 39.8 Å². The number of hydrogen-bond donors (Lipinski definition) is 5. The van der Waals surface area contributed by atoms with E-state index in [0.29, 0.717) is 32.8 Å². The third-order valence-corrected chi connectivity index (χ3v) is 7.74. The van der Waals surface area contributed by atoms with E-state index in [4.69, 9.17) is 9.47 Å². The second-order valence-electron chi connectivity index (χ2n) is 9.85. The van der Waals surface area contributed by atoms with Crippen LogP contribution in [-0.4, -0.2) is 106 Å². The van der Waals surface area contributed by atoms with Crippen molar-refractivity contribution in [1.82, 2.24) is 15.4 Å². The normalized spacial score (nSPS) is 12.7. The molecule has 0 bridgehead atoms. The Kier molecular flexibility index (Phi) is 21.9. The molecule has 2 amide bonds. The molecule has 0 aliphatic rings. The summed E-state index contributed by atoms with van der Waals surface area (Å²) < 4.78 is 35.3. The molecule has 0 unspecified atom stereocenters. The molecule has 16 heteroatoms. The van der Waals surface area contributed by atoms with Crippen molar-refractivity contribution in [2.75, 3.05) is 45.8 Å². The Morgan fingerprint density at radius 1 is 0.744 bits per heavy atom. The van der Waals surface area contributed by atoms with Gasteiger partial charge in [0, 0.05) is 58.3 Å². The van der Waals surface area contributed by atoms with Crippen molar-refractivity contribution in [2.24, 2.45) is 5.92 Å². The van der Waals surface area contributed by atoms with Crippen molar-refractivity contribution in [3.05, 3.63) is 0 Å². The van der Waals surface area contributed by atoms with Crippen LogP contribution in [0.25, 0.3) is 0 Å². The summed E-state index contributed by atoms with van der Waals surface area (Å²) in [6, 6.07) is -1.31. The summed E-state index contributed by atoms with van der Waals surface area (Å²) in [6.07, 6.45) is 0.0767. The zero-order chi connectivity index (χ0) is 32.7. The number of carbonyl (C=O) groups excluding carboxylic acids is 4. The smallest absolute Gasteiger partial charge is 0.326 e. The molecule has 0 aromatic heterocycles. The number of carbonyl (C=O) groups is 6. The van der Waals surface area contributed by atoms with Gasteiger partial charge in [0.1, 0.15) is 17.6 Å². The van der Waals surface area contributed by atoms with Crippen LogP contribution in [0.5, 0.6) is 0 Å². The third-order valence-electron chi connectivity index (χ3n) is 6.29. The van der Waals surface area contributed by atoms with Gasteiger partial charge in [-0.15, -0.1) is 0 Å². The van der Waals surface area contributed by atoms with E-state index in [0.717, 1.165) is 0 Å². The van der Waals surface area contributed by atoms with Gasteiger partial charge in [0.2, 0.25) is 21.8 Å². The maximum absolute atomic E-state index is 12.3. The number of rotatable bonds is 28. The number of carboxylic acid groups (broad SMARTS) is 2. The number of ketones is 2. The van der Waals surface area contributed by atoms with Gasteiger partial charge in [-0.1, -0.05) is 0 Å². The predicted molar refractivity (Wildman–Crippen MR) is 155 cm³/mol. The van der Waals surface area contributed by atoms with Crippen LogP contribution >= 0.6 is 0 Å². The molecule has 0 aliphatic heterocycles. The number of hydrogen-bond acceptors (Lipinski definition) is 10. The molecular weight excluding hydrogens is 590 g/mol. The Balaban J connectivity index is 4.37. The van der Waals surface area contributed by atoms with E-state index >= 15 is 0 Å². The Hall–Kier alpha value is -2.95. The van der Waals surface area contributed by atoms with Crippen molar-refractivity contribution >= 4 is 45.3 Å². The zero-order valence-corrected chi connectivity index (χ0v) is 25.9. The van der Waals surface area contributed by atoms with Gasteiger partial charge in [-0.25, -0.2) is 17.9 Å². The summed E-state index contributed by atoms with van der Waals surface area (Å²) in [7, 11) is -2.11. The van der Waals surface area contributed by atoms with Crippen molar-refractivity contribution in [2.45, 2.75) is 83.6 Å². The minimum Gasteiger partial charge on any atom is -0.481 e. The first-order valence-electron chi connectivity index (χ1n) is 14.4. The van der Waals surface area contributed by atoms with Crippen LogP contribution < -0.4 is 15.4 Å². The van der Waals surface area contributed by atoms with Crippen LogP contribution in [0.15, 0.2) is 0 Å². The molecule has 5 N–H and O–H groups in total.